The molecule has 3 N–H and O–H groups in total. The number of carbonyl (C=O) groups is 1. The topological polar surface area (TPSA) is 78.9 Å². The van der Waals surface area contributed by atoms with E-state index in [4.69, 9.17) is 0 Å². The first-order chi connectivity index (χ1) is 12.7. The molecule has 1 aliphatic heterocycles. The molecule has 26 heavy (non-hydrogen) atoms. The molecule has 2 unspecified atom stereocenters. The normalized spacial score (nSPS) is 19.4. The number of hydrogen-bond acceptors (Lipinski definition) is 6. The van der Waals surface area contributed by atoms with Gasteiger partial charge in [-0.2, -0.15) is 0 Å². The second kappa shape index (κ2) is 7.28. The molecule has 1 fully saturated rings. The van der Waals surface area contributed by atoms with Crippen LogP contribution < -0.4 is 16.2 Å². The number of amides is 1. The Labute approximate surface area is 153 Å². The molecule has 132 valence electrons. The van der Waals surface area contributed by atoms with Crippen molar-refractivity contribution in [3.63, 3.8) is 0 Å². The maximum Gasteiger partial charge on any atom is 0.244 e. The van der Waals surface area contributed by atoms with Crippen molar-refractivity contribution in [2.75, 3.05) is 5.32 Å². The second-order valence-electron chi connectivity index (χ2n) is 5.92. The largest absolute Gasteiger partial charge is 0.301 e. The van der Waals surface area contributed by atoms with Crippen LogP contribution in [0.5, 0.6) is 0 Å². The van der Waals surface area contributed by atoms with E-state index in [9.17, 15) is 9.18 Å². The summed E-state index contributed by atoms with van der Waals surface area (Å²) in [4.78, 5) is 21.1. The molecular formula is C18H16FN5OS. The lowest BCUT2D eigenvalue weighted by Gasteiger charge is -2.09. The minimum absolute atomic E-state index is 0.0493. The van der Waals surface area contributed by atoms with E-state index in [1.54, 1.807) is 18.3 Å². The fourth-order valence-electron chi connectivity index (χ4n) is 2.80. The van der Waals surface area contributed by atoms with Crippen LogP contribution in [0, 0.1) is 5.82 Å². The van der Waals surface area contributed by atoms with Gasteiger partial charge in [-0.15, -0.1) is 11.3 Å². The van der Waals surface area contributed by atoms with Gasteiger partial charge in [0, 0.05) is 17.6 Å². The van der Waals surface area contributed by atoms with E-state index in [1.165, 1.54) is 23.5 Å². The van der Waals surface area contributed by atoms with Gasteiger partial charge in [-0.1, -0.05) is 18.2 Å². The summed E-state index contributed by atoms with van der Waals surface area (Å²) in [6.45, 7) is 0. The lowest BCUT2D eigenvalue weighted by atomic mass is 10.0. The van der Waals surface area contributed by atoms with Crippen LogP contribution in [0.2, 0.25) is 0 Å². The molecule has 2 atom stereocenters. The van der Waals surface area contributed by atoms with Gasteiger partial charge in [-0.3, -0.25) is 9.78 Å². The van der Waals surface area contributed by atoms with E-state index in [2.05, 4.69) is 26.1 Å². The van der Waals surface area contributed by atoms with Crippen LogP contribution in [0.3, 0.4) is 0 Å². The lowest BCUT2D eigenvalue weighted by molar-refractivity contribution is -0.117. The summed E-state index contributed by atoms with van der Waals surface area (Å²) in [5.41, 5.74) is 8.49. The number of nitrogens with zero attached hydrogens (tertiary/aromatic N) is 2. The Balaban J connectivity index is 1.38. The molecule has 8 heteroatoms. The van der Waals surface area contributed by atoms with Crippen LogP contribution in [0.25, 0.3) is 11.4 Å². The zero-order valence-electron chi connectivity index (χ0n) is 13.6. The number of pyridine rings is 1. The monoisotopic (exact) mass is 369 g/mol. The number of hydrazine groups is 1. The van der Waals surface area contributed by atoms with Crippen molar-refractivity contribution in [3.05, 3.63) is 65.4 Å². The van der Waals surface area contributed by atoms with E-state index in [1.807, 2.05) is 23.6 Å². The molecule has 0 bridgehead atoms. The van der Waals surface area contributed by atoms with E-state index >= 15 is 0 Å². The Kier molecular flexibility index (Phi) is 4.70. The molecule has 0 spiro atoms. The molecule has 3 aromatic rings. The first-order valence-corrected chi connectivity index (χ1v) is 9.01. The Hall–Kier alpha value is -2.68. The van der Waals surface area contributed by atoms with Gasteiger partial charge in [0.1, 0.15) is 17.6 Å². The molecule has 1 saturated heterocycles. The molecule has 1 aliphatic rings. The van der Waals surface area contributed by atoms with E-state index in [0.29, 0.717) is 11.6 Å². The Morgan fingerprint density at radius 2 is 2.00 bits per heavy atom. The van der Waals surface area contributed by atoms with Gasteiger partial charge in [0.05, 0.1) is 5.69 Å². The summed E-state index contributed by atoms with van der Waals surface area (Å²) < 4.78 is 13.0. The first-order valence-electron chi connectivity index (χ1n) is 8.13. The molecule has 0 radical (unpaired) electrons. The fraction of sp³-hybridized carbons (Fsp3) is 0.167. The van der Waals surface area contributed by atoms with Crippen LogP contribution in [-0.2, 0) is 4.79 Å². The van der Waals surface area contributed by atoms with Crippen LogP contribution in [0.4, 0.5) is 9.52 Å². The van der Waals surface area contributed by atoms with E-state index in [0.717, 1.165) is 17.0 Å². The zero-order chi connectivity index (χ0) is 17.9. The number of halogens is 1. The average Bonchev–Trinajstić information content (AvgIpc) is 3.33. The number of aromatic nitrogens is 2. The number of carbonyl (C=O) groups excluding carboxylic acids is 1. The standard InChI is InChI=1S/C18H16FN5OS/c19-12-6-4-11(5-7-12)14-9-15(24-23-14)17(25)22-18-21-16(10-26-18)13-3-1-2-8-20-13/h1-8,10,14-15,23-24H,9H2,(H,21,22,25). The smallest absolute Gasteiger partial charge is 0.244 e. The average molecular weight is 369 g/mol. The van der Waals surface area contributed by atoms with Crippen molar-refractivity contribution in [2.45, 2.75) is 18.5 Å². The predicted molar refractivity (Wildman–Crippen MR) is 97.8 cm³/mol. The van der Waals surface area contributed by atoms with Crippen LogP contribution >= 0.6 is 11.3 Å². The maximum absolute atomic E-state index is 13.0. The van der Waals surface area contributed by atoms with Gasteiger partial charge in [0.15, 0.2) is 5.13 Å². The van der Waals surface area contributed by atoms with Crippen molar-refractivity contribution in [1.29, 1.82) is 0 Å². The SMILES string of the molecule is O=C(Nc1nc(-c2ccccn2)cs1)C1CC(c2ccc(F)cc2)NN1. The molecule has 0 saturated carbocycles. The summed E-state index contributed by atoms with van der Waals surface area (Å²) in [6.07, 6.45) is 2.27. The van der Waals surface area contributed by atoms with Gasteiger partial charge in [0.25, 0.3) is 0 Å². The molecule has 2 aromatic heterocycles. The number of rotatable bonds is 4. The molecule has 3 heterocycles. The van der Waals surface area contributed by atoms with Crippen LogP contribution in [0.1, 0.15) is 18.0 Å². The first kappa shape index (κ1) is 16.8. The van der Waals surface area contributed by atoms with Gasteiger partial charge in [-0.05, 0) is 36.2 Å². The highest BCUT2D eigenvalue weighted by atomic mass is 32.1. The van der Waals surface area contributed by atoms with Gasteiger partial charge >= 0.3 is 0 Å². The third kappa shape index (κ3) is 3.62. The lowest BCUT2D eigenvalue weighted by Crippen LogP contribution is -2.39. The van der Waals surface area contributed by atoms with Crippen LogP contribution in [0.15, 0.2) is 54.0 Å². The summed E-state index contributed by atoms with van der Waals surface area (Å²) in [6, 6.07) is 11.4. The highest BCUT2D eigenvalue weighted by Gasteiger charge is 2.30. The van der Waals surface area contributed by atoms with Crippen molar-refractivity contribution < 1.29 is 9.18 Å². The maximum atomic E-state index is 13.0. The summed E-state index contributed by atoms with van der Waals surface area (Å²) in [5.74, 6) is -0.439. The van der Waals surface area contributed by atoms with Crippen LogP contribution in [-0.4, -0.2) is 21.9 Å². The van der Waals surface area contributed by atoms with Crippen molar-refractivity contribution in [1.82, 2.24) is 20.8 Å². The molecule has 0 aliphatic carbocycles. The van der Waals surface area contributed by atoms with E-state index < -0.39 is 6.04 Å². The summed E-state index contributed by atoms with van der Waals surface area (Å²) >= 11 is 1.36. The summed E-state index contributed by atoms with van der Waals surface area (Å²) in [5, 5.41) is 5.22. The number of thiazole rings is 1. The Morgan fingerprint density at radius 1 is 1.15 bits per heavy atom. The second-order valence-corrected chi connectivity index (χ2v) is 6.78. The van der Waals surface area contributed by atoms with Gasteiger partial charge in [0.2, 0.25) is 5.91 Å². The molecular weight excluding hydrogens is 353 g/mol. The number of nitrogens with one attached hydrogen (secondary N) is 3. The minimum atomic E-state index is -0.396. The molecule has 4 rings (SSSR count). The Bertz CT molecular complexity index is 899. The summed E-state index contributed by atoms with van der Waals surface area (Å²) in [7, 11) is 0. The quantitative estimate of drug-likeness (QED) is 0.659. The fourth-order valence-corrected chi connectivity index (χ4v) is 3.50. The third-order valence-corrected chi connectivity index (χ3v) is 4.91. The number of anilines is 1. The molecule has 1 aromatic carbocycles. The molecule has 1 amide bonds. The van der Waals surface area contributed by atoms with Gasteiger partial charge < -0.3 is 5.32 Å². The highest BCUT2D eigenvalue weighted by molar-refractivity contribution is 7.14. The van der Waals surface area contributed by atoms with Crippen molar-refractivity contribution in [2.24, 2.45) is 0 Å². The third-order valence-electron chi connectivity index (χ3n) is 4.15. The highest BCUT2D eigenvalue weighted by Crippen LogP contribution is 2.25. The predicted octanol–water partition coefficient (Wildman–Crippen LogP) is 2.89. The van der Waals surface area contributed by atoms with Crippen molar-refractivity contribution >= 4 is 22.4 Å². The number of benzene rings is 1. The van der Waals surface area contributed by atoms with Crippen molar-refractivity contribution in [3.8, 4) is 11.4 Å². The minimum Gasteiger partial charge on any atom is -0.301 e. The Morgan fingerprint density at radius 3 is 2.77 bits per heavy atom. The molecule has 6 nitrogen and oxygen atoms in total. The number of hydrogen-bond donors (Lipinski definition) is 3. The van der Waals surface area contributed by atoms with E-state index in [-0.39, 0.29) is 17.8 Å². The zero-order valence-corrected chi connectivity index (χ0v) is 14.5. The van der Waals surface area contributed by atoms with Gasteiger partial charge in [-0.25, -0.2) is 20.2 Å².